The zero-order valence-electron chi connectivity index (χ0n) is 18.0. The van der Waals surface area contributed by atoms with Crippen LogP contribution in [0.25, 0.3) is 11.8 Å². The minimum absolute atomic E-state index is 0.0994. The first-order chi connectivity index (χ1) is 14.8. The van der Waals surface area contributed by atoms with Crippen LogP contribution < -0.4 is 5.32 Å². The highest BCUT2D eigenvalue weighted by Gasteiger charge is 2.24. The molecule has 0 atom stereocenters. The van der Waals surface area contributed by atoms with Crippen molar-refractivity contribution in [2.75, 3.05) is 0 Å². The first-order valence-electron chi connectivity index (χ1n) is 10.1. The zero-order chi connectivity index (χ0) is 22.1. The molecular formula is C25H24BrN3OS. The van der Waals surface area contributed by atoms with E-state index in [0.717, 1.165) is 32.7 Å². The van der Waals surface area contributed by atoms with Gasteiger partial charge >= 0.3 is 0 Å². The third-order valence-corrected chi connectivity index (χ3v) is 6.66. The molecule has 0 bridgehead atoms. The second kappa shape index (κ2) is 8.89. The number of aliphatic imine (C=N–C) groups is 1. The highest BCUT2D eigenvalue weighted by Crippen LogP contribution is 2.30. The number of aryl methyl sites for hydroxylation is 3. The van der Waals surface area contributed by atoms with Gasteiger partial charge in [-0.05, 0) is 87.0 Å². The van der Waals surface area contributed by atoms with E-state index in [2.05, 4.69) is 94.9 Å². The smallest absolute Gasteiger partial charge is 0.264 e. The lowest BCUT2D eigenvalue weighted by atomic mass is 10.1. The molecule has 6 heteroatoms. The monoisotopic (exact) mass is 493 g/mol. The molecule has 1 N–H and O–H groups in total. The van der Waals surface area contributed by atoms with Gasteiger partial charge in [-0.15, -0.1) is 0 Å². The van der Waals surface area contributed by atoms with Gasteiger partial charge in [0, 0.05) is 21.5 Å². The molecule has 2 aromatic carbocycles. The van der Waals surface area contributed by atoms with E-state index in [1.807, 2.05) is 18.2 Å². The number of nitrogens with zero attached hydrogens (tertiary/aromatic N) is 2. The van der Waals surface area contributed by atoms with Crippen LogP contribution in [0.4, 0.5) is 0 Å². The second-order valence-corrected chi connectivity index (χ2v) is 9.77. The van der Waals surface area contributed by atoms with Crippen LogP contribution in [0.15, 0.2) is 62.9 Å². The molecule has 1 aliphatic heterocycles. The summed E-state index contributed by atoms with van der Waals surface area (Å²) in [7, 11) is 0. The molecule has 0 radical (unpaired) electrons. The first kappa shape index (κ1) is 21.7. The van der Waals surface area contributed by atoms with E-state index in [4.69, 9.17) is 0 Å². The number of hydrogen-bond acceptors (Lipinski definition) is 3. The standard InChI is InChI=1S/C25H24BrN3OS/c1-15-9-16(2)11-19(10-15)14-27-25-28-24(30)23(31-25)13-20-12-17(3)29(18(20)4)22-7-5-21(26)6-8-22/h5-13H,14H2,1-4H3,(H,27,28,30)/b23-13-. The maximum atomic E-state index is 12.5. The van der Waals surface area contributed by atoms with Gasteiger partial charge in [0.1, 0.15) is 0 Å². The van der Waals surface area contributed by atoms with Crippen LogP contribution in [-0.4, -0.2) is 15.6 Å². The van der Waals surface area contributed by atoms with Gasteiger partial charge in [-0.3, -0.25) is 9.79 Å². The topological polar surface area (TPSA) is 46.4 Å². The molecule has 1 aliphatic rings. The summed E-state index contributed by atoms with van der Waals surface area (Å²) in [5.74, 6) is -0.0994. The van der Waals surface area contributed by atoms with Gasteiger partial charge < -0.3 is 9.88 Å². The molecule has 1 saturated heterocycles. The third kappa shape index (κ3) is 4.86. The van der Waals surface area contributed by atoms with Crippen LogP contribution in [0, 0.1) is 27.7 Å². The zero-order valence-corrected chi connectivity index (χ0v) is 20.4. The van der Waals surface area contributed by atoms with Gasteiger partial charge in [0.2, 0.25) is 0 Å². The Hall–Kier alpha value is -2.57. The Morgan fingerprint density at radius 1 is 1.03 bits per heavy atom. The maximum Gasteiger partial charge on any atom is 0.264 e. The molecule has 1 fully saturated rings. The molecule has 2 heterocycles. The minimum Gasteiger partial charge on any atom is -0.318 e. The number of benzene rings is 2. The van der Waals surface area contributed by atoms with E-state index in [1.54, 1.807) is 0 Å². The average molecular weight is 494 g/mol. The van der Waals surface area contributed by atoms with Gasteiger partial charge in [0.15, 0.2) is 5.17 Å². The van der Waals surface area contributed by atoms with Crippen molar-refractivity contribution in [1.29, 1.82) is 0 Å². The van der Waals surface area contributed by atoms with Crippen molar-refractivity contribution in [1.82, 2.24) is 9.88 Å². The van der Waals surface area contributed by atoms with Gasteiger partial charge in [-0.2, -0.15) is 0 Å². The van der Waals surface area contributed by atoms with Crippen molar-refractivity contribution in [2.24, 2.45) is 4.99 Å². The predicted molar refractivity (Wildman–Crippen MR) is 134 cm³/mol. The molecule has 0 spiro atoms. The lowest BCUT2D eigenvalue weighted by molar-refractivity contribution is -0.115. The predicted octanol–water partition coefficient (Wildman–Crippen LogP) is 6.23. The quantitative estimate of drug-likeness (QED) is 0.437. The molecule has 158 valence electrons. The molecule has 3 aromatic rings. The van der Waals surface area contributed by atoms with Crippen molar-refractivity contribution >= 4 is 44.8 Å². The Labute approximate surface area is 195 Å². The van der Waals surface area contributed by atoms with Gasteiger partial charge in [0.25, 0.3) is 5.91 Å². The molecule has 0 saturated carbocycles. The summed E-state index contributed by atoms with van der Waals surface area (Å²) in [4.78, 5) is 17.8. The van der Waals surface area contributed by atoms with E-state index in [9.17, 15) is 4.79 Å². The molecule has 0 aliphatic carbocycles. The summed E-state index contributed by atoms with van der Waals surface area (Å²) in [5.41, 5.74) is 7.95. The van der Waals surface area contributed by atoms with E-state index in [0.29, 0.717) is 16.6 Å². The van der Waals surface area contributed by atoms with E-state index in [-0.39, 0.29) is 5.91 Å². The SMILES string of the molecule is Cc1cc(C)cc(CN=C2NC(=O)/C(=C/c3cc(C)n(-c4ccc(Br)cc4)c3C)S2)c1. The Kier molecular flexibility index (Phi) is 6.21. The number of carbonyl (C=O) groups excluding carboxylic acids is 1. The summed E-state index contributed by atoms with van der Waals surface area (Å²) in [6.07, 6.45) is 1.96. The number of aromatic nitrogens is 1. The Balaban J connectivity index is 1.56. The van der Waals surface area contributed by atoms with Crippen LogP contribution in [0.5, 0.6) is 0 Å². The summed E-state index contributed by atoms with van der Waals surface area (Å²) >= 11 is 4.89. The van der Waals surface area contributed by atoms with Gasteiger partial charge in [-0.25, -0.2) is 0 Å². The van der Waals surface area contributed by atoms with Crippen LogP contribution >= 0.6 is 27.7 Å². The molecule has 4 nitrogen and oxygen atoms in total. The number of hydrogen-bond donors (Lipinski definition) is 1. The number of amidine groups is 1. The first-order valence-corrected chi connectivity index (χ1v) is 11.7. The van der Waals surface area contributed by atoms with Gasteiger partial charge in [0.05, 0.1) is 11.4 Å². The summed E-state index contributed by atoms with van der Waals surface area (Å²) < 4.78 is 3.25. The average Bonchev–Trinajstić information content (AvgIpc) is 3.19. The van der Waals surface area contributed by atoms with Crippen LogP contribution in [0.3, 0.4) is 0 Å². The number of halogens is 1. The fraction of sp³-hybridized carbons (Fsp3) is 0.200. The van der Waals surface area contributed by atoms with Crippen molar-refractivity contribution in [3.8, 4) is 5.69 Å². The van der Waals surface area contributed by atoms with Gasteiger partial charge in [-0.1, -0.05) is 45.3 Å². The normalized spacial score (nSPS) is 16.4. The molecular weight excluding hydrogens is 470 g/mol. The number of amides is 1. The largest absolute Gasteiger partial charge is 0.318 e. The van der Waals surface area contributed by atoms with Crippen LogP contribution in [0.1, 0.15) is 33.6 Å². The van der Waals surface area contributed by atoms with Crippen molar-refractivity contribution in [3.05, 3.63) is 91.6 Å². The second-order valence-electron chi connectivity index (χ2n) is 7.82. The van der Waals surface area contributed by atoms with E-state index < -0.39 is 0 Å². The Morgan fingerprint density at radius 3 is 2.39 bits per heavy atom. The minimum atomic E-state index is -0.0994. The fourth-order valence-corrected chi connectivity index (χ4v) is 4.96. The summed E-state index contributed by atoms with van der Waals surface area (Å²) in [5, 5.41) is 3.55. The maximum absolute atomic E-state index is 12.5. The molecule has 31 heavy (non-hydrogen) atoms. The third-order valence-electron chi connectivity index (χ3n) is 5.18. The van der Waals surface area contributed by atoms with Crippen molar-refractivity contribution in [2.45, 2.75) is 34.2 Å². The van der Waals surface area contributed by atoms with E-state index >= 15 is 0 Å². The summed E-state index contributed by atoms with van der Waals surface area (Å²) in [6, 6.07) is 16.7. The Morgan fingerprint density at radius 2 is 1.71 bits per heavy atom. The fourth-order valence-electron chi connectivity index (χ4n) is 3.89. The lowest BCUT2D eigenvalue weighted by Gasteiger charge is -2.09. The van der Waals surface area contributed by atoms with Crippen molar-refractivity contribution in [3.63, 3.8) is 0 Å². The molecule has 1 amide bonds. The van der Waals surface area contributed by atoms with Crippen LogP contribution in [-0.2, 0) is 11.3 Å². The highest BCUT2D eigenvalue weighted by molar-refractivity contribution is 9.10. The summed E-state index contributed by atoms with van der Waals surface area (Å²) in [6.45, 7) is 8.88. The number of carbonyl (C=O) groups is 1. The number of thioether (sulfide) groups is 1. The molecule has 1 aromatic heterocycles. The number of rotatable bonds is 4. The number of nitrogens with one attached hydrogen (secondary N) is 1. The van der Waals surface area contributed by atoms with Crippen molar-refractivity contribution < 1.29 is 4.79 Å². The Bertz CT molecular complexity index is 1200. The van der Waals surface area contributed by atoms with Crippen LogP contribution in [0.2, 0.25) is 0 Å². The van der Waals surface area contributed by atoms with E-state index in [1.165, 1.54) is 22.9 Å². The molecule has 4 rings (SSSR count). The molecule has 0 unspecified atom stereocenters. The lowest BCUT2D eigenvalue weighted by Crippen LogP contribution is -2.19. The highest BCUT2D eigenvalue weighted by atomic mass is 79.9.